The number of thiocarbonyl (C=S) groups is 1. The third kappa shape index (κ3) is 4.90. The summed E-state index contributed by atoms with van der Waals surface area (Å²) in [4.78, 5) is 4.93. The Hall–Kier alpha value is -1.17. The van der Waals surface area contributed by atoms with E-state index in [0.717, 1.165) is 50.2 Å². The molecule has 2 aliphatic heterocycles. The Labute approximate surface area is 144 Å². The first-order valence-electron chi connectivity index (χ1n) is 8.76. The van der Waals surface area contributed by atoms with E-state index in [0.29, 0.717) is 6.04 Å². The number of ether oxygens (including phenoxy) is 1. The molecule has 23 heavy (non-hydrogen) atoms. The van der Waals surface area contributed by atoms with E-state index in [1.165, 1.54) is 25.7 Å². The van der Waals surface area contributed by atoms with Gasteiger partial charge in [0.2, 0.25) is 0 Å². The molecule has 2 fully saturated rings. The number of hydrogen-bond donors (Lipinski definition) is 1. The summed E-state index contributed by atoms with van der Waals surface area (Å²) in [5.41, 5.74) is 1.08. The largest absolute Gasteiger partial charge is 0.379 e. The van der Waals surface area contributed by atoms with Crippen molar-refractivity contribution < 1.29 is 4.74 Å². The molecule has 0 aliphatic carbocycles. The van der Waals surface area contributed by atoms with Crippen LogP contribution in [-0.2, 0) is 4.74 Å². The number of nitrogens with zero attached hydrogens (tertiary/aromatic N) is 2. The fourth-order valence-electron chi connectivity index (χ4n) is 3.44. The highest BCUT2D eigenvalue weighted by Crippen LogP contribution is 2.21. The summed E-state index contributed by atoms with van der Waals surface area (Å²) in [7, 11) is 0. The summed E-state index contributed by atoms with van der Waals surface area (Å²) >= 11 is 5.68. The van der Waals surface area contributed by atoms with Gasteiger partial charge in [0.1, 0.15) is 0 Å². The van der Waals surface area contributed by atoms with E-state index >= 15 is 0 Å². The van der Waals surface area contributed by atoms with Crippen molar-refractivity contribution in [2.45, 2.75) is 31.7 Å². The normalized spacial score (nSPS) is 22.8. The first-order valence-corrected chi connectivity index (χ1v) is 9.16. The van der Waals surface area contributed by atoms with Gasteiger partial charge in [0, 0.05) is 37.9 Å². The van der Waals surface area contributed by atoms with E-state index in [9.17, 15) is 0 Å². The van der Waals surface area contributed by atoms with Crippen LogP contribution in [0.4, 0.5) is 5.69 Å². The lowest BCUT2D eigenvalue weighted by Crippen LogP contribution is -2.47. The number of hydrogen-bond acceptors (Lipinski definition) is 3. The maximum atomic E-state index is 5.68. The predicted octanol–water partition coefficient (Wildman–Crippen LogP) is 2.96. The molecule has 4 nitrogen and oxygen atoms in total. The molecule has 1 aromatic rings. The average Bonchev–Trinajstić information content (AvgIpc) is 2.62. The smallest absolute Gasteiger partial charge is 0.173 e. The van der Waals surface area contributed by atoms with Crippen LogP contribution in [0.2, 0.25) is 0 Å². The van der Waals surface area contributed by atoms with E-state index in [4.69, 9.17) is 17.0 Å². The molecule has 0 saturated carbocycles. The summed E-state index contributed by atoms with van der Waals surface area (Å²) in [5.74, 6) is 0. The maximum Gasteiger partial charge on any atom is 0.173 e. The standard InChI is InChI=1S/C18H27N3OS/c23-18(19-16-6-2-1-3-7-16)21-10-5-4-8-17(21)9-11-20-12-14-22-15-13-20/h1-3,6-7,17H,4-5,8-15H2,(H,19,23). The van der Waals surface area contributed by atoms with Crippen molar-refractivity contribution >= 4 is 23.0 Å². The van der Waals surface area contributed by atoms with Crippen molar-refractivity contribution in [3.8, 4) is 0 Å². The number of piperidine rings is 1. The molecule has 5 heteroatoms. The van der Waals surface area contributed by atoms with Gasteiger partial charge in [0.05, 0.1) is 13.2 Å². The summed E-state index contributed by atoms with van der Waals surface area (Å²) < 4.78 is 5.43. The molecule has 1 atom stereocenters. The van der Waals surface area contributed by atoms with Gasteiger partial charge in [0.25, 0.3) is 0 Å². The van der Waals surface area contributed by atoms with Crippen LogP contribution in [0.25, 0.3) is 0 Å². The SMILES string of the molecule is S=C(Nc1ccccc1)N1CCCCC1CCN1CCOCC1. The van der Waals surface area contributed by atoms with Crippen molar-refractivity contribution in [1.82, 2.24) is 9.80 Å². The fourth-order valence-corrected chi connectivity index (χ4v) is 3.80. The van der Waals surface area contributed by atoms with Gasteiger partial charge >= 0.3 is 0 Å². The first-order chi connectivity index (χ1) is 11.3. The molecular formula is C18H27N3OS. The summed E-state index contributed by atoms with van der Waals surface area (Å²) in [6.45, 7) is 6.12. The van der Waals surface area contributed by atoms with Crippen molar-refractivity contribution in [2.24, 2.45) is 0 Å². The van der Waals surface area contributed by atoms with Gasteiger partial charge in [-0.25, -0.2) is 0 Å². The summed E-state index contributed by atoms with van der Waals surface area (Å²) in [6, 6.07) is 10.8. The Morgan fingerprint density at radius 1 is 1.13 bits per heavy atom. The van der Waals surface area contributed by atoms with Crippen LogP contribution in [0, 0.1) is 0 Å². The minimum Gasteiger partial charge on any atom is -0.379 e. The summed E-state index contributed by atoms with van der Waals surface area (Å²) in [6.07, 6.45) is 5.00. The van der Waals surface area contributed by atoms with Crippen molar-refractivity contribution in [1.29, 1.82) is 0 Å². The Balaban J connectivity index is 1.53. The number of nitrogens with one attached hydrogen (secondary N) is 1. The van der Waals surface area contributed by atoms with Crippen molar-refractivity contribution in [2.75, 3.05) is 44.7 Å². The minimum atomic E-state index is 0.565. The zero-order chi connectivity index (χ0) is 15.9. The lowest BCUT2D eigenvalue weighted by Gasteiger charge is -2.39. The lowest BCUT2D eigenvalue weighted by molar-refractivity contribution is 0.0338. The first kappa shape index (κ1) is 16.7. The van der Waals surface area contributed by atoms with E-state index in [1.54, 1.807) is 0 Å². The second-order valence-electron chi connectivity index (χ2n) is 6.38. The molecule has 3 rings (SSSR count). The number of morpholine rings is 1. The number of anilines is 1. The van der Waals surface area contributed by atoms with Crippen LogP contribution < -0.4 is 5.32 Å². The van der Waals surface area contributed by atoms with E-state index in [1.807, 2.05) is 18.2 Å². The highest BCUT2D eigenvalue weighted by Gasteiger charge is 2.25. The molecule has 0 aromatic heterocycles. The Bertz CT molecular complexity index is 490. The second-order valence-corrected chi connectivity index (χ2v) is 6.77. The number of likely N-dealkylation sites (tertiary alicyclic amines) is 1. The molecular weight excluding hydrogens is 306 g/mol. The molecule has 0 amide bonds. The van der Waals surface area contributed by atoms with E-state index in [2.05, 4.69) is 27.2 Å². The Morgan fingerprint density at radius 3 is 2.70 bits per heavy atom. The van der Waals surface area contributed by atoms with E-state index < -0.39 is 0 Å². The number of rotatable bonds is 4. The van der Waals surface area contributed by atoms with Crippen molar-refractivity contribution in [3.63, 3.8) is 0 Å². The molecule has 126 valence electrons. The molecule has 0 spiro atoms. The van der Waals surface area contributed by atoms with Crippen LogP contribution in [0.5, 0.6) is 0 Å². The molecule has 2 aliphatic rings. The zero-order valence-electron chi connectivity index (χ0n) is 13.7. The third-order valence-corrected chi connectivity index (χ3v) is 5.13. The van der Waals surface area contributed by atoms with Crippen LogP contribution in [0.15, 0.2) is 30.3 Å². The molecule has 0 radical (unpaired) electrons. The molecule has 1 unspecified atom stereocenters. The molecule has 0 bridgehead atoms. The quantitative estimate of drug-likeness (QED) is 0.855. The van der Waals surface area contributed by atoms with Gasteiger partial charge in [-0.3, -0.25) is 4.90 Å². The van der Waals surface area contributed by atoms with E-state index in [-0.39, 0.29) is 0 Å². The lowest BCUT2D eigenvalue weighted by atomic mass is 9.99. The molecule has 1 aromatic carbocycles. The van der Waals surface area contributed by atoms with Crippen molar-refractivity contribution in [3.05, 3.63) is 30.3 Å². The molecule has 1 N–H and O–H groups in total. The molecule has 2 saturated heterocycles. The summed E-state index contributed by atoms with van der Waals surface area (Å²) in [5, 5.41) is 4.28. The second kappa shape index (κ2) is 8.62. The Morgan fingerprint density at radius 2 is 1.91 bits per heavy atom. The van der Waals surface area contributed by atoms with Gasteiger partial charge in [-0.2, -0.15) is 0 Å². The number of benzene rings is 1. The zero-order valence-corrected chi connectivity index (χ0v) is 14.6. The third-order valence-electron chi connectivity index (χ3n) is 4.80. The highest BCUT2D eigenvalue weighted by atomic mass is 32.1. The molecule has 2 heterocycles. The van der Waals surface area contributed by atoms with Gasteiger partial charge in [-0.15, -0.1) is 0 Å². The minimum absolute atomic E-state index is 0.565. The van der Waals surface area contributed by atoms with Crippen LogP contribution >= 0.6 is 12.2 Å². The van der Waals surface area contributed by atoms with Crippen LogP contribution in [0.3, 0.4) is 0 Å². The van der Waals surface area contributed by atoms with Gasteiger partial charge in [-0.1, -0.05) is 18.2 Å². The highest BCUT2D eigenvalue weighted by molar-refractivity contribution is 7.80. The topological polar surface area (TPSA) is 27.7 Å². The van der Waals surface area contributed by atoms with Crippen LogP contribution in [-0.4, -0.2) is 60.3 Å². The fraction of sp³-hybridized carbons (Fsp3) is 0.611. The van der Waals surface area contributed by atoms with Gasteiger partial charge in [0.15, 0.2) is 5.11 Å². The van der Waals surface area contributed by atoms with Gasteiger partial charge in [-0.05, 0) is 50.0 Å². The van der Waals surface area contributed by atoms with Crippen LogP contribution in [0.1, 0.15) is 25.7 Å². The monoisotopic (exact) mass is 333 g/mol. The average molecular weight is 334 g/mol. The Kier molecular flexibility index (Phi) is 6.25. The maximum absolute atomic E-state index is 5.68. The predicted molar refractivity (Wildman–Crippen MR) is 98.9 cm³/mol. The number of para-hydroxylation sites is 1. The van der Waals surface area contributed by atoms with Gasteiger partial charge < -0.3 is 15.0 Å².